The number of terminal acetylenes is 1. The highest BCUT2D eigenvalue weighted by Crippen LogP contribution is 2.37. The summed E-state index contributed by atoms with van der Waals surface area (Å²) in [5, 5.41) is 3.86. The molecule has 0 spiro atoms. The number of hydrogen-bond donors (Lipinski definition) is 0. The Morgan fingerprint density at radius 3 is 2.10 bits per heavy atom. The lowest BCUT2D eigenvalue weighted by Crippen LogP contribution is -2.25. The highest BCUT2D eigenvalue weighted by Gasteiger charge is 2.37. The Balaban J connectivity index is 2.04. The van der Waals surface area contributed by atoms with Crippen LogP contribution in [0.3, 0.4) is 0 Å². The van der Waals surface area contributed by atoms with E-state index in [9.17, 15) is 26.7 Å². The van der Waals surface area contributed by atoms with Crippen LogP contribution >= 0.6 is 23.2 Å². The van der Waals surface area contributed by atoms with Gasteiger partial charge < -0.3 is 4.74 Å². The minimum Gasteiger partial charge on any atom is -0.478 e. The van der Waals surface area contributed by atoms with Crippen molar-refractivity contribution in [2.45, 2.75) is 6.92 Å². The van der Waals surface area contributed by atoms with Gasteiger partial charge in [0.25, 0.3) is 5.91 Å². The highest BCUT2D eigenvalue weighted by atomic mass is 35.5. The average molecular weight is 475 g/mol. The first-order chi connectivity index (χ1) is 14.6. The van der Waals surface area contributed by atoms with Crippen molar-refractivity contribution in [1.29, 1.82) is 0 Å². The molecule has 4 nitrogen and oxygen atoms in total. The molecule has 0 radical (unpaired) electrons. The van der Waals surface area contributed by atoms with Crippen molar-refractivity contribution in [2.75, 3.05) is 11.6 Å². The molecule has 160 valence electrons. The van der Waals surface area contributed by atoms with E-state index >= 15 is 0 Å². The second-order valence-electron chi connectivity index (χ2n) is 6.09. The molecule has 1 aliphatic rings. The first-order valence-electron chi connectivity index (χ1n) is 8.26. The van der Waals surface area contributed by atoms with Crippen molar-refractivity contribution < 1.29 is 31.5 Å². The molecule has 0 atom stereocenters. The van der Waals surface area contributed by atoms with Gasteiger partial charge in [-0.25, -0.2) is 22.0 Å². The van der Waals surface area contributed by atoms with Crippen LogP contribution in [-0.2, 0) is 4.79 Å². The summed E-state index contributed by atoms with van der Waals surface area (Å²) in [4.78, 5) is 12.7. The zero-order valence-electron chi connectivity index (χ0n) is 15.4. The van der Waals surface area contributed by atoms with Crippen LogP contribution in [0.25, 0.3) is 6.08 Å². The summed E-state index contributed by atoms with van der Waals surface area (Å²) in [6, 6.07) is 2.74. The van der Waals surface area contributed by atoms with E-state index in [0.717, 1.165) is 0 Å². The van der Waals surface area contributed by atoms with E-state index < -0.39 is 40.7 Å². The lowest BCUT2D eigenvalue weighted by atomic mass is 10.1. The minimum absolute atomic E-state index is 0.0474. The molecule has 0 bridgehead atoms. The molecule has 1 heterocycles. The van der Waals surface area contributed by atoms with E-state index in [1.165, 1.54) is 25.1 Å². The molecule has 0 aromatic heterocycles. The van der Waals surface area contributed by atoms with E-state index in [2.05, 4.69) is 11.0 Å². The zero-order chi connectivity index (χ0) is 23.0. The third kappa shape index (κ3) is 3.96. The summed E-state index contributed by atoms with van der Waals surface area (Å²) in [6.45, 7) is 1.21. The Morgan fingerprint density at radius 1 is 1.06 bits per heavy atom. The quantitative estimate of drug-likeness (QED) is 0.193. The normalized spacial score (nSPS) is 14.8. The Labute approximate surface area is 182 Å². The van der Waals surface area contributed by atoms with E-state index in [4.69, 9.17) is 34.4 Å². The SMILES string of the molecule is C#CCOc1c(Cl)cc(/C=C2/C(=O)N(c3c(F)c(F)c(F)c(F)c3F)N=C2C)cc1Cl. The van der Waals surface area contributed by atoms with E-state index in [1.54, 1.807) is 0 Å². The fraction of sp³-hybridized carbons (Fsp3) is 0.100. The number of rotatable bonds is 4. The van der Waals surface area contributed by atoms with Crippen LogP contribution in [0.2, 0.25) is 10.0 Å². The summed E-state index contributed by atoms with van der Waals surface area (Å²) < 4.78 is 73.7. The Morgan fingerprint density at radius 2 is 1.58 bits per heavy atom. The largest absolute Gasteiger partial charge is 0.478 e. The van der Waals surface area contributed by atoms with Gasteiger partial charge in [-0.2, -0.15) is 10.1 Å². The highest BCUT2D eigenvalue weighted by molar-refractivity contribution is 6.37. The number of anilines is 1. The number of hydrazone groups is 1. The van der Waals surface area contributed by atoms with Crippen LogP contribution in [0.4, 0.5) is 27.6 Å². The van der Waals surface area contributed by atoms with Gasteiger partial charge in [-0.1, -0.05) is 29.1 Å². The molecule has 0 aliphatic carbocycles. The molecule has 0 fully saturated rings. The first-order valence-corrected chi connectivity index (χ1v) is 9.02. The van der Waals surface area contributed by atoms with Crippen LogP contribution in [0, 0.1) is 41.4 Å². The van der Waals surface area contributed by atoms with Crippen molar-refractivity contribution in [1.82, 2.24) is 0 Å². The molecule has 2 aromatic carbocycles. The van der Waals surface area contributed by atoms with Crippen LogP contribution in [0.15, 0.2) is 22.8 Å². The van der Waals surface area contributed by atoms with Crippen LogP contribution in [-0.4, -0.2) is 18.2 Å². The number of amides is 1. The number of benzene rings is 2. The fourth-order valence-corrected chi connectivity index (χ4v) is 3.31. The van der Waals surface area contributed by atoms with Gasteiger partial charge in [-0.05, 0) is 30.7 Å². The van der Waals surface area contributed by atoms with Crippen molar-refractivity contribution in [3.63, 3.8) is 0 Å². The molecule has 1 amide bonds. The molecule has 31 heavy (non-hydrogen) atoms. The average Bonchev–Trinajstić information content (AvgIpc) is 2.98. The molecular weight excluding hydrogens is 466 g/mol. The lowest BCUT2D eigenvalue weighted by molar-refractivity contribution is -0.114. The van der Waals surface area contributed by atoms with Gasteiger partial charge in [-0.15, -0.1) is 6.42 Å². The van der Waals surface area contributed by atoms with Gasteiger partial charge in [-0.3, -0.25) is 4.79 Å². The van der Waals surface area contributed by atoms with Crippen LogP contribution in [0.1, 0.15) is 12.5 Å². The van der Waals surface area contributed by atoms with E-state index in [0.29, 0.717) is 0 Å². The number of ether oxygens (including phenoxy) is 1. The maximum Gasteiger partial charge on any atom is 0.280 e. The fourth-order valence-electron chi connectivity index (χ4n) is 2.70. The maximum absolute atomic E-state index is 14.1. The Hall–Kier alpha value is -3.09. The maximum atomic E-state index is 14.1. The van der Waals surface area contributed by atoms with Gasteiger partial charge in [0.2, 0.25) is 5.82 Å². The molecule has 3 rings (SSSR count). The number of hydrogen-bond acceptors (Lipinski definition) is 3. The van der Waals surface area contributed by atoms with E-state index in [1.807, 2.05) is 0 Å². The zero-order valence-corrected chi connectivity index (χ0v) is 16.9. The Kier molecular flexibility index (Phi) is 6.25. The molecule has 1 aliphatic heterocycles. The summed E-state index contributed by atoms with van der Waals surface area (Å²) in [5.74, 6) is -9.91. The van der Waals surface area contributed by atoms with Crippen molar-refractivity contribution >= 4 is 46.6 Å². The molecular formula is C20H9Cl2F5N2O2. The Bertz CT molecular complexity index is 1170. The molecule has 0 saturated heterocycles. The van der Waals surface area contributed by atoms with Crippen molar-refractivity contribution in [3.8, 4) is 18.1 Å². The molecule has 0 N–H and O–H groups in total. The second-order valence-corrected chi connectivity index (χ2v) is 6.90. The number of nitrogens with zero attached hydrogens (tertiary/aromatic N) is 2. The predicted octanol–water partition coefficient (Wildman–Crippen LogP) is 5.51. The number of halogens is 7. The standard InChI is InChI=1S/C20H9Cl2F5N2O2/c1-3-4-31-19-11(21)6-9(7-12(19)22)5-10-8(2)28-29(20(10)30)18-16(26)14(24)13(23)15(25)17(18)27/h1,5-7H,4H2,2H3/b10-5+. The number of carbonyl (C=O) groups is 1. The number of carbonyl (C=O) groups excluding carboxylic acids is 1. The molecule has 2 aromatic rings. The molecule has 11 heteroatoms. The van der Waals surface area contributed by atoms with Gasteiger partial charge in [0, 0.05) is 0 Å². The molecule has 0 unspecified atom stereocenters. The second kappa shape index (κ2) is 8.57. The lowest BCUT2D eigenvalue weighted by Gasteiger charge is -2.15. The van der Waals surface area contributed by atoms with Crippen molar-refractivity contribution in [3.05, 3.63) is 62.4 Å². The summed E-state index contributed by atoms with van der Waals surface area (Å²) in [5.41, 5.74) is -1.44. The van der Waals surface area contributed by atoms with Gasteiger partial charge in [0.15, 0.2) is 29.0 Å². The summed E-state index contributed by atoms with van der Waals surface area (Å²) >= 11 is 12.2. The summed E-state index contributed by atoms with van der Waals surface area (Å²) in [7, 11) is 0. The third-order valence-electron chi connectivity index (χ3n) is 4.09. The topological polar surface area (TPSA) is 41.9 Å². The van der Waals surface area contributed by atoms with Crippen molar-refractivity contribution in [2.24, 2.45) is 5.10 Å². The first kappa shape index (κ1) is 22.6. The van der Waals surface area contributed by atoms with Crippen LogP contribution < -0.4 is 9.75 Å². The molecule has 0 saturated carbocycles. The van der Waals surface area contributed by atoms with Crippen LogP contribution in [0.5, 0.6) is 5.75 Å². The minimum atomic E-state index is -2.35. The summed E-state index contributed by atoms with van der Waals surface area (Å²) in [6.07, 6.45) is 6.34. The monoisotopic (exact) mass is 474 g/mol. The third-order valence-corrected chi connectivity index (χ3v) is 4.65. The van der Waals surface area contributed by atoms with E-state index in [-0.39, 0.29) is 44.3 Å². The van der Waals surface area contributed by atoms with Gasteiger partial charge in [0.1, 0.15) is 12.3 Å². The van der Waals surface area contributed by atoms with Gasteiger partial charge in [0.05, 0.1) is 21.3 Å². The smallest absolute Gasteiger partial charge is 0.280 e. The van der Waals surface area contributed by atoms with Gasteiger partial charge >= 0.3 is 0 Å². The predicted molar refractivity (Wildman–Crippen MR) is 106 cm³/mol.